The largest absolute Gasteiger partial charge is 0.478 e. The highest BCUT2D eigenvalue weighted by Gasteiger charge is 2.14. The van der Waals surface area contributed by atoms with Crippen molar-refractivity contribution in [2.45, 2.75) is 6.92 Å². The van der Waals surface area contributed by atoms with Crippen molar-refractivity contribution in [3.8, 4) is 11.6 Å². The maximum atomic E-state index is 13.6. The van der Waals surface area contributed by atoms with E-state index < -0.39 is 23.2 Å². The van der Waals surface area contributed by atoms with E-state index in [0.717, 1.165) is 18.5 Å². The molecule has 2 rings (SSSR count). The van der Waals surface area contributed by atoms with Crippen LogP contribution in [0.5, 0.6) is 11.6 Å². The highest BCUT2D eigenvalue weighted by molar-refractivity contribution is 5.88. The summed E-state index contributed by atoms with van der Waals surface area (Å²) >= 11 is 0. The molecule has 5 nitrogen and oxygen atoms in total. The zero-order valence-electron chi connectivity index (χ0n) is 9.72. The van der Waals surface area contributed by atoms with E-state index in [-0.39, 0.29) is 17.3 Å². The summed E-state index contributed by atoms with van der Waals surface area (Å²) in [7, 11) is 0. The van der Waals surface area contributed by atoms with E-state index in [1.165, 1.54) is 13.0 Å². The van der Waals surface area contributed by atoms with E-state index in [0.29, 0.717) is 0 Å². The Morgan fingerprint density at radius 3 is 2.68 bits per heavy atom. The van der Waals surface area contributed by atoms with Gasteiger partial charge in [-0.05, 0) is 19.1 Å². The molecule has 0 amide bonds. The number of carbonyl (C=O) groups is 1. The van der Waals surface area contributed by atoms with Gasteiger partial charge in [0, 0.05) is 6.07 Å². The van der Waals surface area contributed by atoms with Crippen molar-refractivity contribution in [1.29, 1.82) is 0 Å². The van der Waals surface area contributed by atoms with Crippen molar-refractivity contribution >= 4 is 5.97 Å². The zero-order valence-corrected chi connectivity index (χ0v) is 9.72. The number of rotatable bonds is 3. The van der Waals surface area contributed by atoms with Crippen LogP contribution in [0.3, 0.4) is 0 Å². The number of hydrogen-bond donors (Lipinski definition) is 1. The Bertz CT molecular complexity index is 647. The molecule has 2 aromatic rings. The van der Waals surface area contributed by atoms with E-state index in [1.807, 2.05) is 0 Å². The van der Waals surface area contributed by atoms with Crippen LogP contribution < -0.4 is 4.74 Å². The van der Waals surface area contributed by atoms with E-state index >= 15 is 0 Å². The average molecular weight is 266 g/mol. The molecular weight excluding hydrogens is 258 g/mol. The van der Waals surface area contributed by atoms with E-state index in [2.05, 4.69) is 9.97 Å². The van der Waals surface area contributed by atoms with Crippen LogP contribution in [0.2, 0.25) is 0 Å². The van der Waals surface area contributed by atoms with Crippen LogP contribution >= 0.6 is 0 Å². The van der Waals surface area contributed by atoms with Gasteiger partial charge in [0.15, 0.2) is 0 Å². The van der Waals surface area contributed by atoms with Gasteiger partial charge in [-0.1, -0.05) is 0 Å². The molecule has 0 aliphatic heterocycles. The van der Waals surface area contributed by atoms with Crippen molar-refractivity contribution < 1.29 is 23.4 Å². The number of nitrogens with zero attached hydrogens (tertiary/aromatic N) is 2. The molecule has 19 heavy (non-hydrogen) atoms. The van der Waals surface area contributed by atoms with Gasteiger partial charge in [0.05, 0.1) is 11.3 Å². The van der Waals surface area contributed by atoms with Crippen molar-refractivity contribution in [2.24, 2.45) is 0 Å². The van der Waals surface area contributed by atoms with Gasteiger partial charge in [-0.3, -0.25) is 0 Å². The van der Waals surface area contributed by atoms with E-state index in [9.17, 15) is 13.6 Å². The zero-order chi connectivity index (χ0) is 14.0. The molecule has 0 saturated carbocycles. The Hall–Kier alpha value is -2.57. The lowest BCUT2D eigenvalue weighted by atomic mass is 10.2. The van der Waals surface area contributed by atoms with Gasteiger partial charge in [-0.25, -0.2) is 14.2 Å². The summed E-state index contributed by atoms with van der Waals surface area (Å²) in [5.41, 5.74) is -0.403. The number of aromatic nitrogens is 2. The number of hydrogen-bond acceptors (Lipinski definition) is 4. The number of ether oxygens (including phenoxy) is 1. The fourth-order valence-electron chi connectivity index (χ4n) is 1.35. The second-order valence-electron chi connectivity index (χ2n) is 3.63. The molecule has 7 heteroatoms. The summed E-state index contributed by atoms with van der Waals surface area (Å²) in [5.74, 6) is -3.54. The number of aromatic carboxylic acids is 1. The molecule has 0 aliphatic carbocycles. The normalized spacial score (nSPS) is 10.3. The van der Waals surface area contributed by atoms with Crippen LogP contribution in [-0.2, 0) is 0 Å². The molecule has 1 heterocycles. The lowest BCUT2D eigenvalue weighted by Gasteiger charge is -2.07. The van der Waals surface area contributed by atoms with Gasteiger partial charge in [0.1, 0.15) is 17.9 Å². The molecule has 0 spiro atoms. The topological polar surface area (TPSA) is 72.3 Å². The minimum absolute atomic E-state index is 0.0560. The van der Waals surface area contributed by atoms with E-state index in [1.54, 1.807) is 0 Å². The quantitative estimate of drug-likeness (QED) is 0.924. The first-order chi connectivity index (χ1) is 8.99. The monoisotopic (exact) mass is 266 g/mol. The molecular formula is C12H8F2N2O3. The molecule has 0 fully saturated rings. The number of benzene rings is 1. The van der Waals surface area contributed by atoms with Crippen LogP contribution in [0.15, 0.2) is 24.5 Å². The highest BCUT2D eigenvalue weighted by Crippen LogP contribution is 2.24. The molecule has 0 bridgehead atoms. The van der Waals surface area contributed by atoms with Gasteiger partial charge in [0.25, 0.3) is 5.88 Å². The maximum Gasteiger partial charge on any atom is 0.338 e. The molecule has 0 atom stereocenters. The first-order valence-electron chi connectivity index (χ1n) is 5.17. The Labute approximate surface area is 106 Å². The van der Waals surface area contributed by atoms with E-state index in [4.69, 9.17) is 9.84 Å². The van der Waals surface area contributed by atoms with Crippen LogP contribution in [-0.4, -0.2) is 21.0 Å². The predicted octanol–water partition coefficient (Wildman–Crippen LogP) is 2.55. The Balaban J connectivity index is 2.32. The lowest BCUT2D eigenvalue weighted by Crippen LogP contribution is -2.01. The van der Waals surface area contributed by atoms with Crippen LogP contribution in [0.4, 0.5) is 8.78 Å². The van der Waals surface area contributed by atoms with Gasteiger partial charge in [-0.15, -0.1) is 0 Å². The summed E-state index contributed by atoms with van der Waals surface area (Å²) in [6, 6.07) is 3.09. The van der Waals surface area contributed by atoms with Gasteiger partial charge in [0.2, 0.25) is 5.82 Å². The smallest absolute Gasteiger partial charge is 0.338 e. The Morgan fingerprint density at radius 2 is 2.05 bits per heavy atom. The summed E-state index contributed by atoms with van der Waals surface area (Å²) in [6.45, 7) is 1.43. The standard InChI is InChI=1S/C12H8F2N2O3/c1-6-10(14)11(16-5-15-6)19-7-2-3-8(12(17)18)9(13)4-7/h2-5H,1H3,(H,17,18). The van der Waals surface area contributed by atoms with Crippen molar-refractivity contribution in [2.75, 3.05) is 0 Å². The number of carboxylic acids is 1. The third kappa shape index (κ3) is 2.65. The number of aryl methyl sites for hydroxylation is 1. The molecule has 1 aromatic carbocycles. The van der Waals surface area contributed by atoms with Gasteiger partial charge < -0.3 is 9.84 Å². The van der Waals surface area contributed by atoms with Crippen LogP contribution in [0.1, 0.15) is 16.1 Å². The minimum Gasteiger partial charge on any atom is -0.478 e. The highest BCUT2D eigenvalue weighted by atomic mass is 19.1. The summed E-state index contributed by atoms with van der Waals surface area (Å²) < 4.78 is 32.0. The molecule has 1 N–H and O–H groups in total. The molecule has 0 saturated heterocycles. The molecule has 0 aliphatic rings. The predicted molar refractivity (Wildman–Crippen MR) is 60.2 cm³/mol. The molecule has 0 unspecified atom stereocenters. The second-order valence-corrected chi connectivity index (χ2v) is 3.63. The maximum absolute atomic E-state index is 13.6. The van der Waals surface area contributed by atoms with Crippen LogP contribution in [0.25, 0.3) is 0 Å². The second kappa shape index (κ2) is 4.97. The molecule has 98 valence electrons. The third-order valence-corrected chi connectivity index (χ3v) is 2.32. The first kappa shape index (κ1) is 12.9. The van der Waals surface area contributed by atoms with Crippen molar-refractivity contribution in [1.82, 2.24) is 9.97 Å². The summed E-state index contributed by atoms with van der Waals surface area (Å²) in [5, 5.41) is 8.67. The van der Waals surface area contributed by atoms with Crippen molar-refractivity contribution in [3.63, 3.8) is 0 Å². The third-order valence-electron chi connectivity index (χ3n) is 2.32. The van der Waals surface area contributed by atoms with Gasteiger partial charge in [-0.2, -0.15) is 9.37 Å². The van der Waals surface area contributed by atoms with Crippen LogP contribution in [0, 0.1) is 18.6 Å². The minimum atomic E-state index is -1.40. The molecule has 1 aromatic heterocycles. The first-order valence-corrected chi connectivity index (χ1v) is 5.17. The fraction of sp³-hybridized carbons (Fsp3) is 0.0833. The molecule has 0 radical (unpaired) electrons. The number of carboxylic acid groups (broad SMARTS) is 1. The summed E-state index contributed by atoms with van der Waals surface area (Å²) in [4.78, 5) is 17.8. The van der Waals surface area contributed by atoms with Gasteiger partial charge >= 0.3 is 5.97 Å². The van der Waals surface area contributed by atoms with Crippen molar-refractivity contribution in [3.05, 3.63) is 47.4 Å². The number of halogens is 2. The Morgan fingerprint density at radius 1 is 1.32 bits per heavy atom. The Kier molecular flexibility index (Phi) is 3.37. The fourth-order valence-corrected chi connectivity index (χ4v) is 1.35. The summed E-state index contributed by atoms with van der Waals surface area (Å²) in [6.07, 6.45) is 1.11. The average Bonchev–Trinajstić information content (AvgIpc) is 2.34. The SMILES string of the molecule is Cc1ncnc(Oc2ccc(C(=O)O)c(F)c2)c1F. The lowest BCUT2D eigenvalue weighted by molar-refractivity contribution is 0.0692.